The lowest BCUT2D eigenvalue weighted by atomic mass is 10.0. The molecule has 1 fully saturated rings. The van der Waals surface area contributed by atoms with Crippen molar-refractivity contribution in [2.45, 2.75) is 63.1 Å². The Morgan fingerprint density at radius 3 is 2.87 bits per heavy atom. The highest BCUT2D eigenvalue weighted by Gasteiger charge is 2.40. The molecule has 120 valence electrons. The van der Waals surface area contributed by atoms with Gasteiger partial charge in [0.05, 0.1) is 6.20 Å². The number of fused-ring (bicyclic) bond motifs is 1. The van der Waals surface area contributed by atoms with Crippen LogP contribution in [0.25, 0.3) is 0 Å². The van der Waals surface area contributed by atoms with Gasteiger partial charge in [-0.05, 0) is 25.2 Å². The molecule has 0 spiro atoms. The topological polar surface area (TPSA) is 62.9 Å². The van der Waals surface area contributed by atoms with Crippen molar-refractivity contribution in [1.82, 2.24) is 9.78 Å². The van der Waals surface area contributed by atoms with Crippen LogP contribution in [0.15, 0.2) is 16.4 Å². The van der Waals surface area contributed by atoms with Crippen molar-refractivity contribution in [3.05, 3.63) is 11.8 Å². The van der Waals surface area contributed by atoms with Crippen molar-refractivity contribution >= 4 is 11.7 Å². The summed E-state index contributed by atoms with van der Waals surface area (Å²) in [7, 11) is 0. The molecule has 1 aliphatic carbocycles. The maximum Gasteiger partial charge on any atom is 0.228 e. The summed E-state index contributed by atoms with van der Waals surface area (Å²) in [5.41, 5.74) is 0.873. The molecule has 6 nitrogen and oxygen atoms in total. The third-order valence-electron chi connectivity index (χ3n) is 4.96. The fourth-order valence-electron chi connectivity index (χ4n) is 3.37. The molecule has 0 N–H and O–H groups in total. The molecule has 2 aliphatic heterocycles. The number of hydrogen-bond donors (Lipinski definition) is 0. The second-order valence-electron chi connectivity index (χ2n) is 6.71. The molecule has 0 unspecified atom stereocenters. The van der Waals surface area contributed by atoms with E-state index in [1.54, 1.807) is 0 Å². The van der Waals surface area contributed by atoms with E-state index in [1.165, 1.54) is 18.4 Å². The molecule has 3 heterocycles. The van der Waals surface area contributed by atoms with Gasteiger partial charge in [0.2, 0.25) is 5.91 Å². The van der Waals surface area contributed by atoms with Gasteiger partial charge in [0.15, 0.2) is 5.66 Å². The SMILES string of the molecule is C#CCCC1(CCC(=O)N2CCCn3ncc(C4CC4)c32)N=N1. The van der Waals surface area contributed by atoms with Gasteiger partial charge in [-0.25, -0.2) is 4.68 Å². The van der Waals surface area contributed by atoms with Crippen molar-refractivity contribution in [1.29, 1.82) is 0 Å². The number of terminal acetylenes is 1. The van der Waals surface area contributed by atoms with Crippen molar-refractivity contribution in [3.8, 4) is 12.3 Å². The Labute approximate surface area is 135 Å². The molecular weight excluding hydrogens is 290 g/mol. The number of hydrogen-bond acceptors (Lipinski definition) is 4. The van der Waals surface area contributed by atoms with Crippen LogP contribution >= 0.6 is 0 Å². The first-order chi connectivity index (χ1) is 11.2. The number of rotatable bonds is 6. The largest absolute Gasteiger partial charge is 0.297 e. The van der Waals surface area contributed by atoms with Crippen molar-refractivity contribution in [2.24, 2.45) is 10.2 Å². The van der Waals surface area contributed by atoms with Crippen LogP contribution in [0.2, 0.25) is 0 Å². The first-order valence-electron chi connectivity index (χ1n) is 8.46. The third kappa shape index (κ3) is 2.76. The summed E-state index contributed by atoms with van der Waals surface area (Å²) in [5, 5.41) is 12.7. The second kappa shape index (κ2) is 5.48. The Morgan fingerprint density at radius 2 is 2.17 bits per heavy atom. The van der Waals surface area contributed by atoms with Gasteiger partial charge in [0.1, 0.15) is 5.82 Å². The molecule has 0 radical (unpaired) electrons. The number of carbonyl (C=O) groups is 1. The molecule has 0 atom stereocenters. The first-order valence-corrected chi connectivity index (χ1v) is 8.46. The van der Waals surface area contributed by atoms with E-state index in [2.05, 4.69) is 21.2 Å². The predicted octanol–water partition coefficient (Wildman–Crippen LogP) is 2.85. The number of aromatic nitrogens is 2. The van der Waals surface area contributed by atoms with E-state index < -0.39 is 0 Å². The fraction of sp³-hybridized carbons (Fsp3) is 0.647. The van der Waals surface area contributed by atoms with Gasteiger partial charge in [0, 0.05) is 44.3 Å². The molecule has 4 rings (SSSR count). The molecule has 1 aromatic rings. The highest BCUT2D eigenvalue weighted by molar-refractivity contribution is 5.93. The van der Waals surface area contributed by atoms with Crippen LogP contribution in [0.3, 0.4) is 0 Å². The number of amides is 1. The van der Waals surface area contributed by atoms with E-state index in [9.17, 15) is 4.79 Å². The van der Waals surface area contributed by atoms with Crippen molar-refractivity contribution in [3.63, 3.8) is 0 Å². The minimum atomic E-state index is -0.378. The molecular formula is C17H21N5O. The van der Waals surface area contributed by atoms with Gasteiger partial charge in [-0.1, -0.05) is 0 Å². The summed E-state index contributed by atoms with van der Waals surface area (Å²) >= 11 is 0. The Morgan fingerprint density at radius 1 is 1.35 bits per heavy atom. The van der Waals surface area contributed by atoms with Crippen molar-refractivity contribution in [2.75, 3.05) is 11.4 Å². The lowest BCUT2D eigenvalue weighted by Crippen LogP contribution is -2.38. The van der Waals surface area contributed by atoms with Crippen LogP contribution in [0.4, 0.5) is 5.82 Å². The van der Waals surface area contributed by atoms with Crippen LogP contribution in [0.1, 0.15) is 56.4 Å². The van der Waals surface area contributed by atoms with Gasteiger partial charge in [-0.15, -0.1) is 12.3 Å². The lowest BCUT2D eigenvalue weighted by molar-refractivity contribution is -0.119. The smallest absolute Gasteiger partial charge is 0.228 e. The normalized spacial score (nSPS) is 20.9. The quantitative estimate of drug-likeness (QED) is 0.758. The number of aryl methyl sites for hydroxylation is 1. The summed E-state index contributed by atoms with van der Waals surface area (Å²) in [6, 6.07) is 0. The van der Waals surface area contributed by atoms with Gasteiger partial charge in [-0.3, -0.25) is 9.69 Å². The van der Waals surface area contributed by atoms with E-state index in [0.717, 1.165) is 31.7 Å². The molecule has 1 amide bonds. The molecule has 0 aromatic carbocycles. The van der Waals surface area contributed by atoms with E-state index in [1.807, 2.05) is 15.8 Å². The minimum absolute atomic E-state index is 0.158. The van der Waals surface area contributed by atoms with Gasteiger partial charge >= 0.3 is 0 Å². The Kier molecular flexibility index (Phi) is 3.44. The maximum absolute atomic E-state index is 12.8. The number of carbonyl (C=O) groups excluding carboxylic acids is 1. The van der Waals surface area contributed by atoms with Gasteiger partial charge in [0.25, 0.3) is 0 Å². The second-order valence-corrected chi connectivity index (χ2v) is 6.71. The van der Waals surface area contributed by atoms with E-state index in [4.69, 9.17) is 6.42 Å². The zero-order valence-corrected chi connectivity index (χ0v) is 13.2. The van der Waals surface area contributed by atoms with E-state index in [-0.39, 0.29) is 11.6 Å². The van der Waals surface area contributed by atoms with E-state index in [0.29, 0.717) is 25.2 Å². The maximum atomic E-state index is 12.8. The summed E-state index contributed by atoms with van der Waals surface area (Å²) < 4.78 is 2.00. The average molecular weight is 311 g/mol. The minimum Gasteiger partial charge on any atom is -0.297 e. The molecule has 23 heavy (non-hydrogen) atoms. The number of nitrogens with zero attached hydrogens (tertiary/aromatic N) is 5. The van der Waals surface area contributed by atoms with Gasteiger partial charge in [-0.2, -0.15) is 15.3 Å². The molecule has 6 heteroatoms. The van der Waals surface area contributed by atoms with Crippen LogP contribution < -0.4 is 4.90 Å². The highest BCUT2D eigenvalue weighted by atomic mass is 16.2. The lowest BCUT2D eigenvalue weighted by Gasteiger charge is -2.29. The van der Waals surface area contributed by atoms with Gasteiger partial charge < -0.3 is 0 Å². The Balaban J connectivity index is 1.44. The number of anilines is 1. The first kappa shape index (κ1) is 14.4. The Bertz CT molecular complexity index is 688. The molecule has 3 aliphatic rings. The summed E-state index contributed by atoms with van der Waals surface area (Å²) in [4.78, 5) is 14.7. The predicted molar refractivity (Wildman–Crippen MR) is 86.1 cm³/mol. The zero-order chi connectivity index (χ0) is 15.9. The fourth-order valence-corrected chi connectivity index (χ4v) is 3.37. The van der Waals surface area contributed by atoms with Crippen LogP contribution in [-0.2, 0) is 11.3 Å². The Hall–Kier alpha value is -2.16. The molecule has 0 saturated heterocycles. The summed E-state index contributed by atoms with van der Waals surface area (Å²) in [6.07, 6.45) is 13.2. The average Bonchev–Trinajstić information content (AvgIpc) is 3.50. The molecule has 1 aromatic heterocycles. The monoisotopic (exact) mass is 311 g/mol. The van der Waals surface area contributed by atoms with Crippen LogP contribution in [0, 0.1) is 12.3 Å². The summed E-state index contributed by atoms with van der Waals surface area (Å²) in [5.74, 6) is 4.42. The molecule has 0 bridgehead atoms. The van der Waals surface area contributed by atoms with E-state index >= 15 is 0 Å². The van der Waals surface area contributed by atoms with Crippen LogP contribution in [-0.4, -0.2) is 27.9 Å². The third-order valence-corrected chi connectivity index (χ3v) is 4.96. The molecule has 1 saturated carbocycles. The zero-order valence-electron chi connectivity index (χ0n) is 13.2. The summed E-state index contributed by atoms with van der Waals surface area (Å²) in [6.45, 7) is 1.69. The standard InChI is InChI=1S/C17H21N5O/c1-2-3-8-17(19-20-17)9-7-15(23)21-10-4-11-22-16(21)14(12-18-22)13-5-6-13/h1,12-13H,3-11H2. The van der Waals surface area contributed by atoms with Crippen LogP contribution in [0.5, 0.6) is 0 Å². The highest BCUT2D eigenvalue weighted by Crippen LogP contribution is 2.45. The van der Waals surface area contributed by atoms with Crippen molar-refractivity contribution < 1.29 is 4.79 Å².